The number of hydrogen-bond donors (Lipinski definition) is 0. The first kappa shape index (κ1) is 14.3. The van der Waals surface area contributed by atoms with E-state index in [9.17, 15) is 10.1 Å². The fourth-order valence-electron chi connectivity index (χ4n) is 1.88. The van der Waals surface area contributed by atoms with Crippen LogP contribution in [0, 0.1) is 10.1 Å². The summed E-state index contributed by atoms with van der Waals surface area (Å²) in [6.07, 6.45) is 6.44. The Morgan fingerprint density at radius 3 is 2.15 bits per heavy atom. The third-order valence-electron chi connectivity index (χ3n) is 2.90. The van der Waals surface area contributed by atoms with Crippen LogP contribution in [0.4, 0.5) is 5.69 Å². The summed E-state index contributed by atoms with van der Waals surface area (Å²) in [6, 6.07) is 16.9. The van der Waals surface area contributed by atoms with Crippen LogP contribution < -0.4 is 0 Å². The summed E-state index contributed by atoms with van der Waals surface area (Å²) in [5, 5.41) is 10.7. The first-order valence-corrected chi connectivity index (χ1v) is 8.21. The lowest BCUT2D eigenvalue weighted by atomic mass is 10.1. The molecule has 0 saturated carbocycles. The van der Waals surface area contributed by atoms with Crippen molar-refractivity contribution in [3.05, 3.63) is 75.8 Å². The van der Waals surface area contributed by atoms with Crippen molar-refractivity contribution in [2.75, 3.05) is 12.5 Å². The van der Waals surface area contributed by atoms with Gasteiger partial charge in [-0.15, -0.1) is 0 Å². The number of rotatable bonds is 4. The maximum Gasteiger partial charge on any atom is 0.269 e. The van der Waals surface area contributed by atoms with Gasteiger partial charge in [0.05, 0.1) is 4.92 Å². The molecule has 0 bridgehead atoms. The van der Waals surface area contributed by atoms with E-state index >= 15 is 0 Å². The minimum absolute atomic E-state index is 0.108. The average molecular weight is 286 g/mol. The van der Waals surface area contributed by atoms with E-state index in [4.69, 9.17) is 0 Å². The van der Waals surface area contributed by atoms with Gasteiger partial charge in [0, 0.05) is 34.7 Å². The Bertz CT molecular complexity index is 619. The molecule has 0 radical (unpaired) electrons. The topological polar surface area (TPSA) is 43.1 Å². The van der Waals surface area contributed by atoms with Crippen molar-refractivity contribution in [3.63, 3.8) is 0 Å². The SMILES string of the molecule is C[S+](C)/C(=C/c1ccc([N+](=O)[O-])cc1)c1ccccc1. The summed E-state index contributed by atoms with van der Waals surface area (Å²) >= 11 is 0. The Morgan fingerprint density at radius 2 is 1.65 bits per heavy atom. The van der Waals surface area contributed by atoms with Gasteiger partial charge in [0.25, 0.3) is 5.69 Å². The average Bonchev–Trinajstić information content (AvgIpc) is 2.46. The predicted octanol–water partition coefficient (Wildman–Crippen LogP) is 3.97. The van der Waals surface area contributed by atoms with E-state index in [0.29, 0.717) is 0 Å². The molecule has 0 spiro atoms. The molecule has 0 N–H and O–H groups in total. The van der Waals surface area contributed by atoms with Gasteiger partial charge in [-0.05, 0) is 29.8 Å². The second kappa shape index (κ2) is 6.39. The van der Waals surface area contributed by atoms with Gasteiger partial charge in [-0.25, -0.2) is 0 Å². The third-order valence-corrected chi connectivity index (χ3v) is 4.13. The summed E-state index contributed by atoms with van der Waals surface area (Å²) in [5.41, 5.74) is 2.30. The molecule has 0 heterocycles. The van der Waals surface area contributed by atoms with Gasteiger partial charge >= 0.3 is 0 Å². The lowest BCUT2D eigenvalue weighted by Gasteiger charge is -2.04. The number of non-ortho nitro benzene ring substituents is 1. The van der Waals surface area contributed by atoms with Gasteiger partial charge in [-0.2, -0.15) is 0 Å². The molecule has 20 heavy (non-hydrogen) atoms. The van der Waals surface area contributed by atoms with Crippen LogP contribution in [-0.4, -0.2) is 17.4 Å². The Labute approximate surface area is 121 Å². The molecular weight excluding hydrogens is 270 g/mol. The summed E-state index contributed by atoms with van der Waals surface area (Å²) in [7, 11) is 0.108. The fourth-order valence-corrected chi connectivity index (χ4v) is 2.86. The van der Waals surface area contributed by atoms with Gasteiger partial charge in [0.2, 0.25) is 0 Å². The zero-order chi connectivity index (χ0) is 14.5. The van der Waals surface area contributed by atoms with E-state index in [1.165, 1.54) is 22.6 Å². The van der Waals surface area contributed by atoms with Crippen LogP contribution in [0.1, 0.15) is 11.1 Å². The van der Waals surface area contributed by atoms with Crippen molar-refractivity contribution in [1.82, 2.24) is 0 Å². The molecule has 2 aromatic rings. The predicted molar refractivity (Wildman–Crippen MR) is 86.6 cm³/mol. The summed E-state index contributed by atoms with van der Waals surface area (Å²) in [6.45, 7) is 0. The summed E-state index contributed by atoms with van der Waals surface area (Å²) in [5.74, 6) is 0. The second-order valence-corrected chi connectivity index (χ2v) is 6.61. The molecule has 0 saturated heterocycles. The highest BCUT2D eigenvalue weighted by Crippen LogP contribution is 2.24. The van der Waals surface area contributed by atoms with Crippen molar-refractivity contribution in [1.29, 1.82) is 0 Å². The molecule has 0 aliphatic rings. The lowest BCUT2D eigenvalue weighted by Crippen LogP contribution is -1.98. The number of nitrogens with zero attached hydrogens (tertiary/aromatic N) is 1. The molecule has 0 fully saturated rings. The zero-order valence-electron chi connectivity index (χ0n) is 11.4. The van der Waals surface area contributed by atoms with Gasteiger partial charge in [0.15, 0.2) is 4.91 Å². The summed E-state index contributed by atoms with van der Waals surface area (Å²) < 4.78 is 0. The molecular formula is C16H16NO2S+. The van der Waals surface area contributed by atoms with Crippen LogP contribution in [-0.2, 0) is 10.9 Å². The van der Waals surface area contributed by atoms with Crippen LogP contribution in [0.15, 0.2) is 54.6 Å². The normalized spacial score (nSPS) is 11.7. The molecule has 2 aromatic carbocycles. The second-order valence-electron chi connectivity index (χ2n) is 4.54. The largest absolute Gasteiger partial charge is 0.269 e. The van der Waals surface area contributed by atoms with Crippen molar-refractivity contribution in [3.8, 4) is 0 Å². The Morgan fingerprint density at radius 1 is 1.05 bits per heavy atom. The van der Waals surface area contributed by atoms with E-state index in [-0.39, 0.29) is 21.5 Å². The number of hydrogen-bond acceptors (Lipinski definition) is 2. The molecule has 0 atom stereocenters. The van der Waals surface area contributed by atoms with E-state index in [2.05, 4.69) is 30.7 Å². The number of benzene rings is 2. The van der Waals surface area contributed by atoms with Crippen LogP contribution in [0.2, 0.25) is 0 Å². The first-order chi connectivity index (χ1) is 9.58. The van der Waals surface area contributed by atoms with Crippen molar-refractivity contribution in [2.24, 2.45) is 0 Å². The molecule has 0 unspecified atom stereocenters. The summed E-state index contributed by atoms with van der Waals surface area (Å²) in [4.78, 5) is 11.5. The van der Waals surface area contributed by atoms with Gasteiger partial charge in [0.1, 0.15) is 12.5 Å². The quantitative estimate of drug-likeness (QED) is 0.369. The first-order valence-electron chi connectivity index (χ1n) is 6.17. The molecule has 3 nitrogen and oxygen atoms in total. The smallest absolute Gasteiger partial charge is 0.258 e. The Balaban J connectivity index is 2.37. The lowest BCUT2D eigenvalue weighted by molar-refractivity contribution is -0.384. The van der Waals surface area contributed by atoms with Gasteiger partial charge in [-0.3, -0.25) is 10.1 Å². The van der Waals surface area contributed by atoms with Crippen LogP contribution in [0.25, 0.3) is 11.0 Å². The van der Waals surface area contributed by atoms with Crippen molar-refractivity contribution in [2.45, 2.75) is 0 Å². The minimum Gasteiger partial charge on any atom is -0.258 e. The number of nitro benzene ring substituents is 1. The van der Waals surface area contributed by atoms with Crippen LogP contribution in [0.5, 0.6) is 0 Å². The van der Waals surface area contributed by atoms with E-state index in [1.54, 1.807) is 12.1 Å². The molecule has 102 valence electrons. The van der Waals surface area contributed by atoms with Crippen LogP contribution in [0.3, 0.4) is 0 Å². The zero-order valence-corrected chi connectivity index (χ0v) is 12.3. The van der Waals surface area contributed by atoms with E-state index in [0.717, 1.165) is 5.56 Å². The fraction of sp³-hybridized carbons (Fsp3) is 0.125. The standard InChI is InChI=1S/C16H16NO2S/c1-20(2)16(14-6-4-3-5-7-14)12-13-8-10-15(11-9-13)17(18)19/h3-12H,1-2H3/q+1/b16-12+. The van der Waals surface area contributed by atoms with Crippen molar-refractivity contribution < 1.29 is 4.92 Å². The maximum absolute atomic E-state index is 10.7. The molecule has 0 aliphatic heterocycles. The van der Waals surface area contributed by atoms with Gasteiger partial charge in [-0.1, -0.05) is 18.2 Å². The highest BCUT2D eigenvalue weighted by molar-refractivity contribution is 8.04. The van der Waals surface area contributed by atoms with Gasteiger partial charge < -0.3 is 0 Å². The maximum atomic E-state index is 10.7. The monoisotopic (exact) mass is 286 g/mol. The Kier molecular flexibility index (Phi) is 4.58. The van der Waals surface area contributed by atoms with Crippen LogP contribution >= 0.6 is 0 Å². The highest BCUT2D eigenvalue weighted by Gasteiger charge is 2.15. The highest BCUT2D eigenvalue weighted by atomic mass is 32.2. The molecule has 0 aliphatic carbocycles. The molecule has 2 rings (SSSR count). The molecule has 4 heteroatoms. The van der Waals surface area contributed by atoms with Crippen molar-refractivity contribution >= 4 is 27.6 Å². The molecule has 0 aromatic heterocycles. The van der Waals surface area contributed by atoms with E-state index in [1.807, 2.05) is 18.2 Å². The molecule has 0 amide bonds. The van der Waals surface area contributed by atoms with E-state index < -0.39 is 0 Å². The third kappa shape index (κ3) is 3.48. The Hall–Kier alpha value is -2.07. The number of nitro groups is 1. The minimum atomic E-state index is -0.379.